The third-order valence-corrected chi connectivity index (χ3v) is 3.77. The van der Waals surface area contributed by atoms with Crippen molar-refractivity contribution in [2.75, 3.05) is 33.9 Å². The number of methoxy groups -OCH3 is 1. The molecular formula is C17H27ClN2O3. The first-order valence-electron chi connectivity index (χ1n) is 7.71. The van der Waals surface area contributed by atoms with Crippen LogP contribution in [0.15, 0.2) is 12.1 Å². The Morgan fingerprint density at radius 3 is 2.57 bits per heavy atom. The number of amides is 1. The molecule has 0 saturated heterocycles. The Bertz CT molecular complexity index is 547. The average Bonchev–Trinajstić information content (AvgIpc) is 2.51. The summed E-state index contributed by atoms with van der Waals surface area (Å²) < 4.78 is 10.9. The summed E-state index contributed by atoms with van der Waals surface area (Å²) in [7, 11) is 3.28. The van der Waals surface area contributed by atoms with Crippen molar-refractivity contribution in [3.05, 3.63) is 22.7 Å². The van der Waals surface area contributed by atoms with E-state index in [1.54, 1.807) is 24.1 Å². The van der Waals surface area contributed by atoms with Crippen LogP contribution >= 0.6 is 11.6 Å². The summed E-state index contributed by atoms with van der Waals surface area (Å²) in [5.74, 6) is 0.798. The van der Waals surface area contributed by atoms with Crippen LogP contribution in [0.2, 0.25) is 5.02 Å². The van der Waals surface area contributed by atoms with Crippen molar-refractivity contribution in [2.24, 2.45) is 11.1 Å². The SMILES string of the molecule is CCCOc1c(Cl)cc(C(=O)N(C)CC(C)(C)CN)cc1OC. The lowest BCUT2D eigenvalue weighted by molar-refractivity contribution is 0.0740. The zero-order valence-electron chi connectivity index (χ0n) is 14.6. The van der Waals surface area contributed by atoms with E-state index in [2.05, 4.69) is 0 Å². The Morgan fingerprint density at radius 1 is 1.39 bits per heavy atom. The molecule has 0 saturated carbocycles. The van der Waals surface area contributed by atoms with Crippen molar-refractivity contribution >= 4 is 17.5 Å². The third-order valence-electron chi connectivity index (χ3n) is 3.49. The van der Waals surface area contributed by atoms with E-state index < -0.39 is 0 Å². The molecule has 0 aliphatic rings. The van der Waals surface area contributed by atoms with Crippen LogP contribution in [0.25, 0.3) is 0 Å². The highest BCUT2D eigenvalue weighted by Gasteiger charge is 2.23. The molecule has 1 aromatic rings. The van der Waals surface area contributed by atoms with E-state index in [0.717, 1.165) is 6.42 Å². The Balaban J connectivity index is 3.04. The summed E-state index contributed by atoms with van der Waals surface area (Å²) in [6, 6.07) is 3.27. The Kier molecular flexibility index (Phi) is 7.16. The predicted molar refractivity (Wildman–Crippen MR) is 93.6 cm³/mol. The van der Waals surface area contributed by atoms with Gasteiger partial charge in [0.05, 0.1) is 18.7 Å². The number of carbonyl (C=O) groups is 1. The summed E-state index contributed by atoms with van der Waals surface area (Å²) in [5, 5.41) is 0.368. The second-order valence-corrected chi connectivity index (χ2v) is 6.77. The first-order chi connectivity index (χ1) is 10.8. The molecule has 1 aromatic carbocycles. The van der Waals surface area contributed by atoms with Crippen molar-refractivity contribution in [3.63, 3.8) is 0 Å². The van der Waals surface area contributed by atoms with Crippen molar-refractivity contribution in [2.45, 2.75) is 27.2 Å². The molecule has 23 heavy (non-hydrogen) atoms. The molecule has 2 N–H and O–H groups in total. The highest BCUT2D eigenvalue weighted by molar-refractivity contribution is 6.32. The molecule has 0 bridgehead atoms. The van der Waals surface area contributed by atoms with E-state index in [0.29, 0.717) is 41.8 Å². The van der Waals surface area contributed by atoms with Gasteiger partial charge in [-0.25, -0.2) is 0 Å². The van der Waals surface area contributed by atoms with Gasteiger partial charge in [0.1, 0.15) is 0 Å². The zero-order chi connectivity index (χ0) is 17.6. The smallest absolute Gasteiger partial charge is 0.253 e. The van der Waals surface area contributed by atoms with E-state index in [-0.39, 0.29) is 11.3 Å². The molecule has 0 heterocycles. The lowest BCUT2D eigenvalue weighted by atomic mass is 9.93. The van der Waals surface area contributed by atoms with Crippen LogP contribution in [-0.4, -0.2) is 44.7 Å². The molecular weight excluding hydrogens is 316 g/mol. The number of rotatable bonds is 8. The normalized spacial score (nSPS) is 11.3. The van der Waals surface area contributed by atoms with E-state index in [4.69, 9.17) is 26.8 Å². The molecule has 130 valence electrons. The largest absolute Gasteiger partial charge is 0.493 e. The van der Waals surface area contributed by atoms with Crippen LogP contribution < -0.4 is 15.2 Å². The maximum Gasteiger partial charge on any atom is 0.253 e. The fourth-order valence-corrected chi connectivity index (χ4v) is 2.45. The van der Waals surface area contributed by atoms with E-state index in [1.165, 1.54) is 7.11 Å². The van der Waals surface area contributed by atoms with Crippen molar-refractivity contribution < 1.29 is 14.3 Å². The predicted octanol–water partition coefficient (Wildman–Crippen LogP) is 3.19. The van der Waals surface area contributed by atoms with E-state index >= 15 is 0 Å². The Morgan fingerprint density at radius 2 is 2.04 bits per heavy atom. The number of carbonyl (C=O) groups excluding carboxylic acids is 1. The minimum absolute atomic E-state index is 0.131. The second-order valence-electron chi connectivity index (χ2n) is 6.37. The fourth-order valence-electron chi connectivity index (χ4n) is 2.19. The van der Waals surface area contributed by atoms with Crippen molar-refractivity contribution in [1.29, 1.82) is 0 Å². The quantitative estimate of drug-likeness (QED) is 0.788. The van der Waals surface area contributed by atoms with E-state index in [9.17, 15) is 4.79 Å². The van der Waals surface area contributed by atoms with Crippen LogP contribution in [-0.2, 0) is 0 Å². The fraction of sp³-hybridized carbons (Fsp3) is 0.588. The number of ether oxygens (including phenoxy) is 2. The van der Waals surface area contributed by atoms with Gasteiger partial charge in [0, 0.05) is 19.2 Å². The Hall–Kier alpha value is -1.46. The molecule has 0 fully saturated rings. The lowest BCUT2D eigenvalue weighted by Gasteiger charge is -2.29. The summed E-state index contributed by atoms with van der Waals surface area (Å²) >= 11 is 6.26. The lowest BCUT2D eigenvalue weighted by Crippen LogP contribution is -2.39. The van der Waals surface area contributed by atoms with Gasteiger partial charge in [0.25, 0.3) is 5.91 Å². The van der Waals surface area contributed by atoms with E-state index in [1.807, 2.05) is 20.8 Å². The maximum absolute atomic E-state index is 12.6. The summed E-state index contributed by atoms with van der Waals surface area (Å²) in [6.07, 6.45) is 0.858. The molecule has 0 atom stereocenters. The monoisotopic (exact) mass is 342 g/mol. The number of nitrogens with zero attached hydrogens (tertiary/aromatic N) is 1. The first kappa shape index (κ1) is 19.6. The van der Waals surface area contributed by atoms with Gasteiger partial charge < -0.3 is 20.1 Å². The Labute approximate surface area is 143 Å². The number of hydrogen-bond donors (Lipinski definition) is 1. The summed E-state index contributed by atoms with van der Waals surface area (Å²) in [5.41, 5.74) is 6.05. The number of nitrogens with two attached hydrogens (primary N) is 1. The van der Waals surface area contributed by atoms with Gasteiger partial charge in [-0.1, -0.05) is 32.4 Å². The molecule has 0 aromatic heterocycles. The number of benzene rings is 1. The third kappa shape index (κ3) is 5.29. The van der Waals surface area contributed by atoms with Crippen LogP contribution in [0.4, 0.5) is 0 Å². The molecule has 6 heteroatoms. The van der Waals surface area contributed by atoms with Gasteiger partial charge in [-0.2, -0.15) is 0 Å². The molecule has 0 radical (unpaired) electrons. The molecule has 0 unspecified atom stereocenters. The van der Waals surface area contributed by atoms with Crippen LogP contribution in [0.5, 0.6) is 11.5 Å². The first-order valence-corrected chi connectivity index (χ1v) is 8.09. The molecule has 1 rings (SSSR count). The molecule has 0 aliphatic carbocycles. The van der Waals surface area contributed by atoms with Crippen LogP contribution in [0, 0.1) is 5.41 Å². The zero-order valence-corrected chi connectivity index (χ0v) is 15.4. The maximum atomic E-state index is 12.6. The molecule has 0 spiro atoms. The minimum Gasteiger partial charge on any atom is -0.493 e. The van der Waals surface area contributed by atoms with Crippen molar-refractivity contribution in [1.82, 2.24) is 4.90 Å². The highest BCUT2D eigenvalue weighted by atomic mass is 35.5. The molecule has 5 nitrogen and oxygen atoms in total. The number of hydrogen-bond acceptors (Lipinski definition) is 4. The standard InChI is InChI=1S/C17H27ClN2O3/c1-6-7-23-15-13(18)8-12(9-14(15)22-5)16(21)20(4)11-17(2,3)10-19/h8-9H,6-7,10-11,19H2,1-5H3. The number of halogens is 1. The van der Waals surface area contributed by atoms with Gasteiger partial charge >= 0.3 is 0 Å². The topological polar surface area (TPSA) is 64.8 Å². The average molecular weight is 343 g/mol. The van der Waals surface area contributed by atoms with Crippen molar-refractivity contribution in [3.8, 4) is 11.5 Å². The van der Waals surface area contributed by atoms with Gasteiger partial charge in [0.2, 0.25) is 0 Å². The van der Waals surface area contributed by atoms with Gasteiger partial charge in [0.15, 0.2) is 11.5 Å². The molecule has 0 aliphatic heterocycles. The summed E-state index contributed by atoms with van der Waals surface area (Å²) in [4.78, 5) is 14.3. The van der Waals surface area contributed by atoms with Gasteiger partial charge in [-0.05, 0) is 30.5 Å². The molecule has 1 amide bonds. The highest BCUT2D eigenvalue weighted by Crippen LogP contribution is 2.37. The van der Waals surface area contributed by atoms with Gasteiger partial charge in [-0.3, -0.25) is 4.79 Å². The summed E-state index contributed by atoms with van der Waals surface area (Å²) in [6.45, 7) is 7.63. The minimum atomic E-state index is -0.150. The van der Waals surface area contributed by atoms with Gasteiger partial charge in [-0.15, -0.1) is 0 Å². The van der Waals surface area contributed by atoms with Crippen LogP contribution in [0.3, 0.4) is 0 Å². The second kappa shape index (κ2) is 8.41. The van der Waals surface area contributed by atoms with Crippen LogP contribution in [0.1, 0.15) is 37.6 Å².